The third kappa shape index (κ3) is 1.83. The Hall–Kier alpha value is -1.73. The maximum atomic E-state index is 5.82. The zero-order valence-corrected chi connectivity index (χ0v) is 10.1. The van der Waals surface area contributed by atoms with Crippen molar-refractivity contribution in [2.75, 3.05) is 5.73 Å². The molecule has 0 radical (unpaired) electrons. The molecular formula is C9H7ClN6S. The van der Waals surface area contributed by atoms with Gasteiger partial charge in [0.05, 0.1) is 24.3 Å². The summed E-state index contributed by atoms with van der Waals surface area (Å²) in [5.74, 6) is 0.429. The van der Waals surface area contributed by atoms with Gasteiger partial charge >= 0.3 is 0 Å². The van der Waals surface area contributed by atoms with E-state index in [-0.39, 0.29) is 0 Å². The minimum absolute atomic E-state index is 0.429. The van der Waals surface area contributed by atoms with Crippen LogP contribution >= 0.6 is 22.9 Å². The van der Waals surface area contributed by atoms with Crippen LogP contribution < -0.4 is 5.73 Å². The summed E-state index contributed by atoms with van der Waals surface area (Å²) in [5.41, 5.74) is 6.43. The van der Waals surface area contributed by atoms with Gasteiger partial charge in [-0.15, -0.1) is 11.3 Å². The predicted molar refractivity (Wildman–Crippen MR) is 66.0 cm³/mol. The Morgan fingerprint density at radius 2 is 2.18 bits per heavy atom. The monoisotopic (exact) mass is 266 g/mol. The van der Waals surface area contributed by atoms with Crippen molar-refractivity contribution in [2.24, 2.45) is 0 Å². The molecule has 3 heterocycles. The fraction of sp³-hybridized carbons (Fsp3) is 0.111. The number of nitrogen functional groups attached to an aromatic ring is 1. The van der Waals surface area contributed by atoms with E-state index in [0.29, 0.717) is 22.3 Å². The normalized spacial score (nSPS) is 11.1. The fourth-order valence-corrected chi connectivity index (χ4v) is 2.45. The van der Waals surface area contributed by atoms with Crippen molar-refractivity contribution >= 4 is 39.8 Å². The summed E-state index contributed by atoms with van der Waals surface area (Å²) in [6.45, 7) is 0.525. The minimum Gasteiger partial charge on any atom is -0.383 e. The van der Waals surface area contributed by atoms with Gasteiger partial charge in [0.15, 0.2) is 5.65 Å². The summed E-state index contributed by atoms with van der Waals surface area (Å²) in [5, 5.41) is 5.84. The highest BCUT2D eigenvalue weighted by Gasteiger charge is 2.09. The molecule has 0 aliphatic carbocycles. The molecule has 0 unspecified atom stereocenters. The number of rotatable bonds is 2. The summed E-state index contributed by atoms with van der Waals surface area (Å²) in [7, 11) is 0. The number of anilines is 1. The standard InChI is InChI=1S/C9H7ClN6S/c10-6-2-12-7(17-6)3-16-9-5(1-15-16)8(11)13-4-14-9/h1-2,4H,3H2,(H2,11,13,14). The summed E-state index contributed by atoms with van der Waals surface area (Å²) in [4.78, 5) is 12.2. The Balaban J connectivity index is 2.04. The van der Waals surface area contributed by atoms with Gasteiger partial charge in [-0.25, -0.2) is 19.6 Å². The van der Waals surface area contributed by atoms with Gasteiger partial charge in [0.1, 0.15) is 21.5 Å². The van der Waals surface area contributed by atoms with Crippen LogP contribution in [0, 0.1) is 0 Å². The first-order chi connectivity index (χ1) is 8.24. The number of fused-ring (bicyclic) bond motifs is 1. The van der Waals surface area contributed by atoms with Gasteiger partial charge in [-0.2, -0.15) is 5.10 Å². The zero-order chi connectivity index (χ0) is 11.8. The number of halogens is 1. The topological polar surface area (TPSA) is 82.5 Å². The second-order valence-electron chi connectivity index (χ2n) is 3.36. The fourth-order valence-electron chi connectivity index (χ4n) is 1.52. The van der Waals surface area contributed by atoms with Crippen molar-refractivity contribution in [1.29, 1.82) is 0 Å². The van der Waals surface area contributed by atoms with E-state index < -0.39 is 0 Å². The maximum Gasteiger partial charge on any atom is 0.163 e. The Morgan fingerprint density at radius 1 is 1.29 bits per heavy atom. The lowest BCUT2D eigenvalue weighted by atomic mass is 10.4. The molecule has 0 fully saturated rings. The number of aromatic nitrogens is 5. The Morgan fingerprint density at radius 3 is 2.94 bits per heavy atom. The third-order valence-electron chi connectivity index (χ3n) is 2.27. The van der Waals surface area contributed by atoms with Crippen molar-refractivity contribution in [3.8, 4) is 0 Å². The van der Waals surface area contributed by atoms with Gasteiger partial charge in [-0.1, -0.05) is 11.6 Å². The van der Waals surface area contributed by atoms with Crippen LogP contribution in [0.5, 0.6) is 0 Å². The second kappa shape index (κ2) is 3.94. The Labute approximate surface area is 105 Å². The lowest BCUT2D eigenvalue weighted by Crippen LogP contribution is -2.02. The predicted octanol–water partition coefficient (Wildman–Crippen LogP) is 1.57. The molecule has 0 aromatic carbocycles. The lowest BCUT2D eigenvalue weighted by molar-refractivity contribution is 0.700. The third-order valence-corrected chi connectivity index (χ3v) is 3.37. The van der Waals surface area contributed by atoms with Crippen LogP contribution in [0.4, 0.5) is 5.82 Å². The van der Waals surface area contributed by atoms with Crippen molar-refractivity contribution in [2.45, 2.75) is 6.54 Å². The Kier molecular flexibility index (Phi) is 2.41. The van der Waals surface area contributed by atoms with E-state index in [1.165, 1.54) is 17.7 Å². The van der Waals surface area contributed by atoms with Crippen LogP contribution in [0.1, 0.15) is 5.01 Å². The van der Waals surface area contributed by atoms with E-state index in [0.717, 1.165) is 10.4 Å². The van der Waals surface area contributed by atoms with Crippen LogP contribution in [0.2, 0.25) is 4.34 Å². The van der Waals surface area contributed by atoms with Crippen LogP contribution in [0.3, 0.4) is 0 Å². The molecular weight excluding hydrogens is 260 g/mol. The molecule has 0 aliphatic rings. The first kappa shape index (κ1) is 10.4. The Bertz CT molecular complexity index is 675. The molecule has 3 aromatic rings. The van der Waals surface area contributed by atoms with Crippen molar-refractivity contribution in [3.05, 3.63) is 28.1 Å². The van der Waals surface area contributed by atoms with E-state index in [4.69, 9.17) is 17.3 Å². The van der Waals surface area contributed by atoms with Gasteiger partial charge in [-0.05, 0) is 0 Å². The molecule has 8 heteroatoms. The second-order valence-corrected chi connectivity index (χ2v) is 5.10. The first-order valence-electron chi connectivity index (χ1n) is 4.76. The molecule has 3 aromatic heterocycles. The van der Waals surface area contributed by atoms with Crippen molar-refractivity contribution in [1.82, 2.24) is 24.7 Å². The highest BCUT2D eigenvalue weighted by atomic mass is 35.5. The van der Waals surface area contributed by atoms with Gasteiger partial charge < -0.3 is 5.73 Å². The molecule has 0 saturated heterocycles. The molecule has 0 saturated carbocycles. The van der Waals surface area contributed by atoms with Gasteiger partial charge in [0.2, 0.25) is 0 Å². The molecule has 0 bridgehead atoms. The molecule has 3 rings (SSSR count). The molecule has 0 spiro atoms. The smallest absolute Gasteiger partial charge is 0.163 e. The minimum atomic E-state index is 0.429. The van der Waals surface area contributed by atoms with E-state index in [2.05, 4.69) is 20.1 Å². The molecule has 17 heavy (non-hydrogen) atoms. The molecule has 0 aliphatic heterocycles. The largest absolute Gasteiger partial charge is 0.383 e. The summed E-state index contributed by atoms with van der Waals surface area (Å²) in [6, 6.07) is 0. The highest BCUT2D eigenvalue weighted by molar-refractivity contribution is 7.15. The van der Waals surface area contributed by atoms with Crippen molar-refractivity contribution in [3.63, 3.8) is 0 Å². The average molecular weight is 267 g/mol. The van der Waals surface area contributed by atoms with Gasteiger partial charge in [0.25, 0.3) is 0 Å². The van der Waals surface area contributed by atoms with Gasteiger partial charge in [-0.3, -0.25) is 0 Å². The first-order valence-corrected chi connectivity index (χ1v) is 5.95. The number of nitrogens with zero attached hydrogens (tertiary/aromatic N) is 5. The van der Waals surface area contributed by atoms with Crippen LogP contribution in [0.25, 0.3) is 11.0 Å². The van der Waals surface area contributed by atoms with Crippen LogP contribution in [-0.4, -0.2) is 24.7 Å². The average Bonchev–Trinajstić information content (AvgIpc) is 2.88. The maximum absolute atomic E-state index is 5.82. The number of nitrogens with two attached hydrogens (primary N) is 1. The van der Waals surface area contributed by atoms with E-state index in [9.17, 15) is 0 Å². The quantitative estimate of drug-likeness (QED) is 0.761. The zero-order valence-electron chi connectivity index (χ0n) is 8.54. The van der Waals surface area contributed by atoms with Crippen LogP contribution in [-0.2, 0) is 6.54 Å². The van der Waals surface area contributed by atoms with E-state index in [1.54, 1.807) is 17.1 Å². The summed E-state index contributed by atoms with van der Waals surface area (Å²) >= 11 is 7.24. The highest BCUT2D eigenvalue weighted by Crippen LogP contribution is 2.21. The molecule has 0 atom stereocenters. The number of hydrogen-bond acceptors (Lipinski definition) is 6. The molecule has 86 valence electrons. The number of hydrogen-bond donors (Lipinski definition) is 1. The SMILES string of the molecule is Nc1ncnc2c1cnn2Cc1ncc(Cl)s1. The van der Waals surface area contributed by atoms with Crippen LogP contribution in [0.15, 0.2) is 18.7 Å². The van der Waals surface area contributed by atoms with E-state index in [1.807, 2.05) is 0 Å². The van der Waals surface area contributed by atoms with Crippen molar-refractivity contribution < 1.29 is 0 Å². The molecule has 0 amide bonds. The lowest BCUT2D eigenvalue weighted by Gasteiger charge is -1.99. The summed E-state index contributed by atoms with van der Waals surface area (Å²) < 4.78 is 2.38. The van der Waals surface area contributed by atoms with Gasteiger partial charge in [0, 0.05) is 0 Å². The number of thiazole rings is 1. The van der Waals surface area contributed by atoms with E-state index >= 15 is 0 Å². The molecule has 2 N–H and O–H groups in total. The molecule has 6 nitrogen and oxygen atoms in total. The summed E-state index contributed by atoms with van der Waals surface area (Å²) in [6.07, 6.45) is 4.70.